The molecule has 0 radical (unpaired) electrons. The van der Waals surface area contributed by atoms with E-state index in [1.165, 1.54) is 0 Å². The van der Waals surface area contributed by atoms with E-state index in [0.29, 0.717) is 12.1 Å². The highest BCUT2D eigenvalue weighted by Gasteiger charge is 2.01. The quantitative estimate of drug-likeness (QED) is 0.583. The van der Waals surface area contributed by atoms with Gasteiger partial charge in [-0.05, 0) is 36.1 Å². The van der Waals surface area contributed by atoms with Crippen LogP contribution in [-0.4, -0.2) is 6.08 Å². The lowest BCUT2D eigenvalue weighted by Gasteiger charge is -2.07. The summed E-state index contributed by atoms with van der Waals surface area (Å²) < 4.78 is 15.2. The Morgan fingerprint density at radius 2 is 1.76 bits per heavy atom. The summed E-state index contributed by atoms with van der Waals surface area (Å²) in [6.45, 7) is 4.01. The third-order valence-electron chi connectivity index (χ3n) is 2.55. The van der Waals surface area contributed by atoms with E-state index in [4.69, 9.17) is 12.9 Å². The van der Waals surface area contributed by atoms with Gasteiger partial charge >= 0.3 is 0 Å². The van der Waals surface area contributed by atoms with Crippen LogP contribution in [0.1, 0.15) is 13.9 Å². The van der Waals surface area contributed by atoms with Gasteiger partial charge in [-0.25, -0.2) is 10.2 Å². The molecular weight excluding hydrogens is 210 g/mol. The molecule has 1 N–H and O–H groups in total. The molecule has 0 saturated carbocycles. The molecule has 0 unspecified atom stereocenters. The van der Waals surface area contributed by atoms with Crippen molar-refractivity contribution in [2.24, 2.45) is 0 Å². The van der Waals surface area contributed by atoms with Crippen molar-refractivity contribution in [1.29, 1.82) is 5.41 Å². The molecule has 0 spiro atoms. The maximum absolute atomic E-state index is 8.35. The van der Waals surface area contributed by atoms with E-state index in [2.05, 4.69) is 0 Å². The molecule has 0 heterocycles. The first-order chi connectivity index (χ1) is 9.01. The maximum Gasteiger partial charge on any atom is 0.231 e. The minimum Gasteiger partial charge on any atom is -0.222 e. The first-order valence-electron chi connectivity index (χ1n) is 6.19. The topological polar surface area (TPSA) is 40.9 Å². The predicted molar refractivity (Wildman–Crippen MR) is 69.8 cm³/mol. The first-order valence-corrected chi connectivity index (χ1v) is 5.19. The summed E-state index contributed by atoms with van der Waals surface area (Å²) in [6.07, 6.45) is 0.750. The summed E-state index contributed by atoms with van der Waals surface area (Å²) in [4.78, 5) is 8.35. The lowest BCUT2D eigenvalue weighted by atomic mass is 9.97. The normalized spacial score (nSPS) is 10.5. The number of benzene rings is 2. The zero-order valence-electron chi connectivity index (χ0n) is 11.9. The number of hydrogen-bond acceptors (Lipinski definition) is 2. The molecule has 2 aromatic carbocycles. The van der Waals surface area contributed by atoms with Crippen molar-refractivity contribution in [3.63, 3.8) is 0 Å². The molecule has 0 aliphatic rings. The Morgan fingerprint density at radius 1 is 1.18 bits per heavy atom. The van der Waals surface area contributed by atoms with Crippen molar-refractivity contribution >= 4 is 6.08 Å². The van der Waals surface area contributed by atoms with Crippen molar-refractivity contribution in [2.45, 2.75) is 13.8 Å². The highest BCUT2D eigenvalue weighted by molar-refractivity contribution is 5.68. The van der Waals surface area contributed by atoms with E-state index in [1.54, 1.807) is 12.1 Å². The van der Waals surface area contributed by atoms with Gasteiger partial charge in [-0.2, -0.15) is 0 Å². The van der Waals surface area contributed by atoms with Gasteiger partial charge in [0, 0.05) is 0 Å². The molecule has 2 nitrogen and oxygen atoms in total. The standard InChI is InChI=1S/C14H14.CHNO/c1-11-7-6-10-14(12(11)2)13-8-4-3-5-9-13;2-1-3/h3-10H,1-2H3;2H/i3D,7D;. The number of isocyanates is 1. The minimum absolute atomic E-state index is 0.523. The summed E-state index contributed by atoms with van der Waals surface area (Å²) in [7, 11) is 0. The fourth-order valence-corrected chi connectivity index (χ4v) is 1.56. The third kappa shape index (κ3) is 3.40. The van der Waals surface area contributed by atoms with E-state index >= 15 is 0 Å². The molecule has 2 heteroatoms. The van der Waals surface area contributed by atoms with Crippen LogP contribution < -0.4 is 0 Å². The van der Waals surface area contributed by atoms with Crippen LogP contribution in [0, 0.1) is 19.3 Å². The first kappa shape index (κ1) is 10.0. The third-order valence-corrected chi connectivity index (χ3v) is 2.55. The van der Waals surface area contributed by atoms with Crippen LogP contribution in [0.4, 0.5) is 0 Å². The average molecular weight is 227 g/mol. The van der Waals surface area contributed by atoms with Gasteiger partial charge in [0.15, 0.2) is 0 Å². The number of rotatable bonds is 1. The molecule has 0 amide bonds. The van der Waals surface area contributed by atoms with E-state index in [-0.39, 0.29) is 0 Å². The Kier molecular flexibility index (Phi) is 3.77. The van der Waals surface area contributed by atoms with Gasteiger partial charge in [0.05, 0.1) is 2.74 Å². The lowest BCUT2D eigenvalue weighted by Crippen LogP contribution is -1.85. The predicted octanol–water partition coefficient (Wildman–Crippen LogP) is 3.87. The van der Waals surface area contributed by atoms with Crippen LogP contribution in [0.25, 0.3) is 11.1 Å². The second kappa shape index (κ2) is 6.41. The second-order valence-corrected chi connectivity index (χ2v) is 3.53. The molecular formula is C15H15NO. The lowest BCUT2D eigenvalue weighted by molar-refractivity contribution is 0.563. The van der Waals surface area contributed by atoms with Crippen LogP contribution in [0.5, 0.6) is 0 Å². The molecule has 86 valence electrons. The fraction of sp³-hybridized carbons (Fsp3) is 0.133. The fourth-order valence-electron chi connectivity index (χ4n) is 1.56. The Hall–Kier alpha value is -2.18. The Balaban J connectivity index is 0.000000550. The molecule has 17 heavy (non-hydrogen) atoms. The Labute approximate surface area is 104 Å². The van der Waals surface area contributed by atoms with E-state index < -0.39 is 0 Å². The van der Waals surface area contributed by atoms with Gasteiger partial charge in [-0.1, -0.05) is 48.5 Å². The van der Waals surface area contributed by atoms with Crippen LogP contribution in [-0.2, 0) is 4.79 Å². The largest absolute Gasteiger partial charge is 0.231 e. The summed E-state index contributed by atoms with van der Waals surface area (Å²) in [5, 5.41) is 5.40. The van der Waals surface area contributed by atoms with E-state index in [1.807, 2.05) is 38.1 Å². The highest BCUT2D eigenvalue weighted by atomic mass is 16.1. The molecule has 0 aliphatic heterocycles. The van der Waals surface area contributed by atoms with Crippen molar-refractivity contribution in [3.05, 3.63) is 59.6 Å². The number of nitrogens with one attached hydrogen (secondary N) is 1. The molecule has 0 aromatic heterocycles. The molecule has 0 bridgehead atoms. The average Bonchev–Trinajstić information content (AvgIpc) is 2.39. The zero-order valence-corrected chi connectivity index (χ0v) is 9.87. The van der Waals surface area contributed by atoms with Gasteiger partial charge in [0.1, 0.15) is 0 Å². The monoisotopic (exact) mass is 227 g/mol. The van der Waals surface area contributed by atoms with Crippen molar-refractivity contribution in [1.82, 2.24) is 0 Å². The summed E-state index contributed by atoms with van der Waals surface area (Å²) >= 11 is 0. The van der Waals surface area contributed by atoms with Crippen LogP contribution in [0.15, 0.2) is 48.5 Å². The molecule has 0 aliphatic carbocycles. The van der Waals surface area contributed by atoms with Gasteiger partial charge in [0.25, 0.3) is 0 Å². The summed E-state index contributed by atoms with van der Waals surface area (Å²) in [5.41, 5.74) is 4.42. The number of carbonyl (C=O) groups excluding carboxylic acids is 1. The molecule has 0 fully saturated rings. The smallest absolute Gasteiger partial charge is 0.222 e. The maximum atomic E-state index is 8.35. The van der Waals surface area contributed by atoms with Gasteiger partial charge in [0.2, 0.25) is 6.08 Å². The molecule has 0 saturated heterocycles. The van der Waals surface area contributed by atoms with Gasteiger partial charge in [-0.15, -0.1) is 0 Å². The molecule has 2 rings (SSSR count). The number of hydrogen-bond donors (Lipinski definition) is 1. The van der Waals surface area contributed by atoms with E-state index in [0.717, 1.165) is 28.3 Å². The van der Waals surface area contributed by atoms with E-state index in [9.17, 15) is 0 Å². The Morgan fingerprint density at radius 3 is 2.35 bits per heavy atom. The minimum atomic E-state index is 0.523. The van der Waals surface area contributed by atoms with Crippen molar-refractivity contribution in [2.75, 3.05) is 0 Å². The highest BCUT2D eigenvalue weighted by Crippen LogP contribution is 2.24. The van der Waals surface area contributed by atoms with Crippen LogP contribution >= 0.6 is 0 Å². The molecule has 2 aromatic rings. The SMILES string of the molecule is N=C=O.[2H]c1ccc(-c2ccc([2H])c(C)c2C)cc1. The Bertz CT molecular complexity index is 600. The van der Waals surface area contributed by atoms with Crippen LogP contribution in [0.2, 0.25) is 0 Å². The molecule has 0 atom stereocenters. The van der Waals surface area contributed by atoms with Gasteiger partial charge in [-0.3, -0.25) is 0 Å². The van der Waals surface area contributed by atoms with Crippen molar-refractivity contribution < 1.29 is 7.54 Å². The second-order valence-electron chi connectivity index (χ2n) is 3.53. The zero-order chi connectivity index (χ0) is 14.4. The van der Waals surface area contributed by atoms with Crippen molar-refractivity contribution in [3.8, 4) is 11.1 Å². The van der Waals surface area contributed by atoms with Crippen LogP contribution in [0.3, 0.4) is 0 Å². The van der Waals surface area contributed by atoms with Gasteiger partial charge < -0.3 is 0 Å². The summed E-state index contributed by atoms with van der Waals surface area (Å²) in [6, 6.07) is 12.4. The summed E-state index contributed by atoms with van der Waals surface area (Å²) in [5.74, 6) is 0.